The SMILES string of the molecule is Cc1ccc2c(c1)c(=O)n(Cc1ccccc1)c1nnc(N3CCOCS3)n21. The van der Waals surface area contributed by atoms with Gasteiger partial charge in [0.2, 0.25) is 11.7 Å². The Bertz CT molecular complexity index is 1210. The van der Waals surface area contributed by atoms with Crippen molar-refractivity contribution < 1.29 is 4.74 Å². The molecule has 0 amide bonds. The van der Waals surface area contributed by atoms with E-state index in [9.17, 15) is 4.79 Å². The van der Waals surface area contributed by atoms with Gasteiger partial charge in [-0.05, 0) is 36.6 Å². The van der Waals surface area contributed by atoms with Crippen LogP contribution >= 0.6 is 11.9 Å². The van der Waals surface area contributed by atoms with Gasteiger partial charge in [-0.15, -0.1) is 10.2 Å². The first-order valence-electron chi connectivity index (χ1n) is 9.13. The van der Waals surface area contributed by atoms with Crippen LogP contribution in [0.5, 0.6) is 0 Å². The van der Waals surface area contributed by atoms with Crippen LogP contribution in [0.3, 0.4) is 0 Å². The van der Waals surface area contributed by atoms with Crippen LogP contribution in [0.25, 0.3) is 16.7 Å². The molecular weight excluding hydrogens is 374 g/mol. The van der Waals surface area contributed by atoms with E-state index in [1.54, 1.807) is 16.5 Å². The smallest absolute Gasteiger partial charge is 0.263 e. The zero-order valence-corrected chi connectivity index (χ0v) is 16.2. The number of ether oxygens (including phenoxy) is 1. The number of aryl methyl sites for hydroxylation is 1. The Labute approximate surface area is 165 Å². The number of nitrogens with zero attached hydrogens (tertiary/aromatic N) is 5. The Hall–Kier alpha value is -2.84. The third-order valence-electron chi connectivity index (χ3n) is 4.88. The molecule has 1 fully saturated rings. The lowest BCUT2D eigenvalue weighted by molar-refractivity contribution is 0.184. The van der Waals surface area contributed by atoms with E-state index in [-0.39, 0.29) is 5.56 Å². The van der Waals surface area contributed by atoms with E-state index in [2.05, 4.69) is 14.5 Å². The van der Waals surface area contributed by atoms with Crippen LogP contribution in [0, 0.1) is 6.92 Å². The van der Waals surface area contributed by atoms with Crippen LogP contribution in [-0.2, 0) is 11.3 Å². The van der Waals surface area contributed by atoms with Crippen molar-refractivity contribution in [3.05, 3.63) is 70.0 Å². The molecule has 28 heavy (non-hydrogen) atoms. The fraction of sp³-hybridized carbons (Fsp3) is 0.250. The Morgan fingerprint density at radius 2 is 2.00 bits per heavy atom. The highest BCUT2D eigenvalue weighted by atomic mass is 32.2. The second-order valence-electron chi connectivity index (χ2n) is 6.79. The first kappa shape index (κ1) is 17.3. The standard InChI is InChI=1S/C20H19N5O2S/c1-14-7-8-17-16(11-14)18(26)23(12-15-5-3-2-4-6-15)19-21-22-20(25(17)19)24-9-10-27-13-28-24/h2-8,11H,9-10,12-13H2,1H3. The molecule has 2 aromatic heterocycles. The highest BCUT2D eigenvalue weighted by molar-refractivity contribution is 8.00. The Kier molecular flexibility index (Phi) is 4.29. The van der Waals surface area contributed by atoms with Gasteiger partial charge in [-0.2, -0.15) is 0 Å². The minimum absolute atomic E-state index is 0.0522. The summed E-state index contributed by atoms with van der Waals surface area (Å²) in [4.78, 5) is 13.3. The highest BCUT2D eigenvalue weighted by Gasteiger charge is 2.22. The fourth-order valence-electron chi connectivity index (χ4n) is 3.51. The van der Waals surface area contributed by atoms with Crippen LogP contribution in [-0.4, -0.2) is 38.3 Å². The molecular formula is C20H19N5O2S. The zero-order valence-electron chi connectivity index (χ0n) is 15.4. The summed E-state index contributed by atoms with van der Waals surface area (Å²) in [6, 6.07) is 15.9. The summed E-state index contributed by atoms with van der Waals surface area (Å²) in [5.74, 6) is 1.85. The van der Waals surface area contributed by atoms with Gasteiger partial charge >= 0.3 is 0 Å². The van der Waals surface area contributed by atoms with E-state index in [0.717, 1.165) is 29.1 Å². The molecule has 7 nitrogen and oxygen atoms in total. The predicted octanol–water partition coefficient (Wildman–Crippen LogP) is 2.84. The number of fused-ring (bicyclic) bond motifs is 3. The molecule has 0 radical (unpaired) electrons. The molecule has 0 N–H and O–H groups in total. The third-order valence-corrected chi connectivity index (χ3v) is 5.81. The summed E-state index contributed by atoms with van der Waals surface area (Å²) in [6.45, 7) is 3.80. The van der Waals surface area contributed by atoms with E-state index in [0.29, 0.717) is 30.3 Å². The van der Waals surface area contributed by atoms with E-state index in [4.69, 9.17) is 4.74 Å². The molecule has 1 aliphatic rings. The fourth-order valence-corrected chi connectivity index (χ4v) is 4.27. The maximum Gasteiger partial charge on any atom is 0.263 e. The summed E-state index contributed by atoms with van der Waals surface area (Å²) >= 11 is 1.56. The molecule has 0 aliphatic carbocycles. The molecule has 1 saturated heterocycles. The van der Waals surface area contributed by atoms with Gasteiger partial charge in [0.1, 0.15) is 5.94 Å². The van der Waals surface area contributed by atoms with E-state index < -0.39 is 0 Å². The molecule has 142 valence electrons. The predicted molar refractivity (Wildman–Crippen MR) is 111 cm³/mol. The Balaban J connectivity index is 1.79. The lowest BCUT2D eigenvalue weighted by Crippen LogP contribution is -2.29. The van der Waals surface area contributed by atoms with E-state index in [1.807, 2.05) is 59.9 Å². The van der Waals surface area contributed by atoms with Crippen molar-refractivity contribution >= 4 is 34.6 Å². The van der Waals surface area contributed by atoms with Gasteiger partial charge in [0.05, 0.1) is 30.6 Å². The Morgan fingerprint density at radius 3 is 2.79 bits per heavy atom. The molecule has 0 bridgehead atoms. The summed E-state index contributed by atoms with van der Waals surface area (Å²) in [5.41, 5.74) is 2.86. The number of aromatic nitrogens is 4. The number of hydrogen-bond acceptors (Lipinski definition) is 6. The van der Waals surface area contributed by atoms with Crippen molar-refractivity contribution in [2.24, 2.45) is 0 Å². The first-order valence-corrected chi connectivity index (χ1v) is 10.1. The second kappa shape index (κ2) is 6.96. The van der Waals surface area contributed by atoms with Crippen molar-refractivity contribution in [3.63, 3.8) is 0 Å². The van der Waals surface area contributed by atoms with E-state index >= 15 is 0 Å². The quantitative estimate of drug-likeness (QED) is 0.499. The molecule has 4 aromatic rings. The monoisotopic (exact) mass is 393 g/mol. The molecule has 3 heterocycles. The molecule has 0 atom stereocenters. The number of hydrogen-bond donors (Lipinski definition) is 0. The minimum Gasteiger partial charge on any atom is -0.367 e. The highest BCUT2D eigenvalue weighted by Crippen LogP contribution is 2.27. The van der Waals surface area contributed by atoms with Crippen LogP contribution in [0.1, 0.15) is 11.1 Å². The van der Waals surface area contributed by atoms with E-state index in [1.165, 1.54) is 0 Å². The van der Waals surface area contributed by atoms with Crippen LogP contribution in [0.2, 0.25) is 0 Å². The summed E-state index contributed by atoms with van der Waals surface area (Å²) in [6.07, 6.45) is 0. The Morgan fingerprint density at radius 1 is 1.14 bits per heavy atom. The molecule has 2 aromatic carbocycles. The number of anilines is 1. The average molecular weight is 393 g/mol. The summed E-state index contributed by atoms with van der Waals surface area (Å²) in [5, 5.41) is 9.51. The van der Waals surface area contributed by atoms with Crippen molar-refractivity contribution in [2.75, 3.05) is 23.4 Å². The van der Waals surface area contributed by atoms with Crippen molar-refractivity contribution in [3.8, 4) is 0 Å². The van der Waals surface area contributed by atoms with Crippen LogP contribution in [0.4, 0.5) is 5.95 Å². The zero-order chi connectivity index (χ0) is 19.1. The van der Waals surface area contributed by atoms with Gasteiger partial charge in [-0.1, -0.05) is 42.0 Å². The molecule has 8 heteroatoms. The first-order chi connectivity index (χ1) is 13.7. The molecule has 0 saturated carbocycles. The minimum atomic E-state index is -0.0522. The van der Waals surface area contributed by atoms with Gasteiger partial charge in [0.25, 0.3) is 5.56 Å². The van der Waals surface area contributed by atoms with Crippen molar-refractivity contribution in [1.29, 1.82) is 0 Å². The molecule has 0 unspecified atom stereocenters. The normalized spacial score (nSPS) is 14.8. The van der Waals surface area contributed by atoms with Gasteiger partial charge < -0.3 is 4.74 Å². The number of rotatable bonds is 3. The molecule has 1 aliphatic heterocycles. The maximum atomic E-state index is 13.3. The summed E-state index contributed by atoms with van der Waals surface area (Å²) < 4.78 is 11.2. The lowest BCUT2D eigenvalue weighted by atomic mass is 10.1. The average Bonchev–Trinajstić information content (AvgIpc) is 3.17. The van der Waals surface area contributed by atoms with Gasteiger partial charge in [0.15, 0.2) is 0 Å². The lowest BCUT2D eigenvalue weighted by Gasteiger charge is -2.25. The van der Waals surface area contributed by atoms with Crippen molar-refractivity contribution in [2.45, 2.75) is 13.5 Å². The second-order valence-corrected chi connectivity index (χ2v) is 7.72. The third kappa shape index (κ3) is 2.85. The molecule has 0 spiro atoms. The van der Waals surface area contributed by atoms with Gasteiger partial charge in [-0.3, -0.25) is 13.7 Å². The van der Waals surface area contributed by atoms with Crippen molar-refractivity contribution in [1.82, 2.24) is 19.2 Å². The number of benzene rings is 2. The maximum absolute atomic E-state index is 13.3. The topological polar surface area (TPSA) is 64.7 Å². The van der Waals surface area contributed by atoms with Crippen LogP contribution < -0.4 is 9.86 Å². The largest absolute Gasteiger partial charge is 0.367 e. The molecule has 5 rings (SSSR count). The van der Waals surface area contributed by atoms with Gasteiger partial charge in [0, 0.05) is 0 Å². The van der Waals surface area contributed by atoms with Gasteiger partial charge in [-0.25, -0.2) is 4.40 Å². The summed E-state index contributed by atoms with van der Waals surface area (Å²) in [7, 11) is 0. The van der Waals surface area contributed by atoms with Crippen LogP contribution in [0.15, 0.2) is 53.3 Å².